The van der Waals surface area contributed by atoms with Crippen molar-refractivity contribution in [3.8, 4) is 0 Å². The monoisotopic (exact) mass is 1020 g/mol. The fourth-order valence-corrected chi connectivity index (χ4v) is 8.85. The van der Waals surface area contributed by atoms with Gasteiger partial charge in [-0.05, 0) is 101 Å². The molecule has 0 bridgehead atoms. The number of ether oxygens (including phenoxy) is 1. The molecule has 0 aromatic carbocycles. The summed E-state index contributed by atoms with van der Waals surface area (Å²) >= 11 is 0. The standard InChI is InChI=1S/2C21H44NO2.C16H35O5P/c2*1-4-5-6-7-8-9-10-11-12-13-14-15-16-17-18-19-20-21(2)22(3,23)24;1-3-5-6-7-8-9-10-11-12-13-14-16(15-20-4-2)21-22(17,18)19/h2*11-12,21,23-24H,4-10,13-20H2,1-3H3;16H,3-15H2,1-2H3,(H2,17,18,19)/q2*+1;/p-2/b2*12-11-;. The van der Waals surface area contributed by atoms with E-state index in [4.69, 9.17) is 4.74 Å². The number of phosphoric acid groups is 1. The predicted octanol–water partition coefficient (Wildman–Crippen LogP) is 17.6. The van der Waals surface area contributed by atoms with Gasteiger partial charge in [0.2, 0.25) is 0 Å². The highest BCUT2D eigenvalue weighted by Crippen LogP contribution is 2.29. The van der Waals surface area contributed by atoms with Crippen molar-refractivity contribution in [3.05, 3.63) is 24.3 Å². The van der Waals surface area contributed by atoms with Crippen LogP contribution in [0.4, 0.5) is 0 Å². The molecule has 0 spiro atoms. The summed E-state index contributed by atoms with van der Waals surface area (Å²) in [5, 5.41) is 37.6. The fraction of sp³-hybridized carbons (Fsp3) is 0.931. The molecule has 0 radical (unpaired) electrons. The summed E-state index contributed by atoms with van der Waals surface area (Å²) in [6.07, 6.45) is 60.0. The molecule has 3 unspecified atom stereocenters. The maximum atomic E-state index is 10.7. The SMILES string of the molecule is CCCCCCCC/C=C\CCCCCCCCC(C)[N+](C)(O)O.CCCCCCCC/C=C\CCCCCCCCC(C)[N+](C)(O)O.CCCCCCCCCCCCC(COCC)OP(=O)([O-])[O-]. The lowest BCUT2D eigenvalue weighted by Gasteiger charge is -2.33. The van der Waals surface area contributed by atoms with Crippen molar-refractivity contribution in [1.82, 2.24) is 0 Å². The molecular formula is C58H121N2O9P. The van der Waals surface area contributed by atoms with Crippen molar-refractivity contribution in [2.45, 2.75) is 323 Å². The lowest BCUT2D eigenvalue weighted by molar-refractivity contribution is -1.25. The second-order valence-corrected chi connectivity index (χ2v) is 22.0. The van der Waals surface area contributed by atoms with Crippen LogP contribution in [0.2, 0.25) is 0 Å². The van der Waals surface area contributed by atoms with Crippen LogP contribution in [-0.4, -0.2) is 75.9 Å². The van der Waals surface area contributed by atoms with Crippen molar-refractivity contribution in [3.63, 3.8) is 0 Å². The summed E-state index contributed by atoms with van der Waals surface area (Å²) in [5.74, 6) is 0. The molecule has 0 aliphatic carbocycles. The molecule has 0 aromatic heterocycles. The summed E-state index contributed by atoms with van der Waals surface area (Å²) in [5.41, 5.74) is 0. The lowest BCUT2D eigenvalue weighted by atomic mass is 10.0. The molecular weight excluding hydrogens is 900 g/mol. The molecule has 0 saturated carbocycles. The number of nitrogens with zero attached hydrogens (tertiary/aromatic N) is 2. The molecule has 3 atom stereocenters. The Kier molecular flexibility index (Phi) is 57.3. The number of rotatable bonds is 50. The van der Waals surface area contributed by atoms with Crippen molar-refractivity contribution in [2.75, 3.05) is 27.3 Å². The quantitative estimate of drug-likeness (QED) is 0.0153. The summed E-state index contributed by atoms with van der Waals surface area (Å²) < 4.78 is 20.4. The molecule has 422 valence electrons. The molecule has 0 aromatic rings. The highest BCUT2D eigenvalue weighted by molar-refractivity contribution is 7.43. The third-order valence-electron chi connectivity index (χ3n) is 13.6. The second-order valence-electron chi connectivity index (χ2n) is 20.9. The zero-order valence-corrected chi connectivity index (χ0v) is 48.5. The van der Waals surface area contributed by atoms with Gasteiger partial charge in [-0.15, -0.1) is 0 Å². The number of allylic oxidation sites excluding steroid dienone is 4. The van der Waals surface area contributed by atoms with Crippen LogP contribution >= 0.6 is 7.82 Å². The summed E-state index contributed by atoms with van der Waals surface area (Å²) in [6.45, 7) is 13.0. The lowest BCUT2D eigenvalue weighted by Crippen LogP contribution is -2.44. The number of quaternary nitrogens is 2. The largest absolute Gasteiger partial charge is 0.790 e. The molecule has 0 aliphatic heterocycles. The minimum Gasteiger partial charge on any atom is -0.790 e. The van der Waals surface area contributed by atoms with E-state index in [1.165, 1.54) is 226 Å². The Bertz CT molecular complexity index is 1070. The van der Waals surface area contributed by atoms with Gasteiger partial charge >= 0.3 is 0 Å². The van der Waals surface area contributed by atoms with Gasteiger partial charge in [0.05, 0.1) is 20.5 Å². The number of unbranched alkanes of at least 4 members (excludes halogenated alkanes) is 33. The smallest absolute Gasteiger partial charge is 0.149 e. The first-order valence-electron chi connectivity index (χ1n) is 29.7. The third-order valence-corrected chi connectivity index (χ3v) is 14.2. The average molecular weight is 1020 g/mol. The van der Waals surface area contributed by atoms with Gasteiger partial charge in [-0.1, -0.05) is 225 Å². The van der Waals surface area contributed by atoms with E-state index in [0.717, 1.165) is 44.9 Å². The fourth-order valence-electron chi connectivity index (χ4n) is 8.32. The Morgan fingerprint density at radius 1 is 0.414 bits per heavy atom. The Balaban J connectivity index is -0.000000963. The van der Waals surface area contributed by atoms with Crippen molar-refractivity contribution in [1.29, 1.82) is 0 Å². The van der Waals surface area contributed by atoms with Gasteiger partial charge in [0.1, 0.15) is 26.2 Å². The van der Waals surface area contributed by atoms with Crippen LogP contribution in [0.1, 0.15) is 305 Å². The molecule has 4 N–H and O–H groups in total. The number of hydrogen-bond acceptors (Lipinski definition) is 9. The first-order valence-corrected chi connectivity index (χ1v) is 31.1. The Hall–Kier alpha value is -0.690. The zero-order valence-electron chi connectivity index (χ0n) is 47.6. The van der Waals surface area contributed by atoms with Gasteiger partial charge in [0.15, 0.2) is 0 Å². The minimum absolute atomic E-state index is 0.0956. The summed E-state index contributed by atoms with van der Waals surface area (Å²) in [6, 6.07) is -0.191. The molecule has 0 aliphatic rings. The molecule has 0 heterocycles. The van der Waals surface area contributed by atoms with E-state index in [1.54, 1.807) is 0 Å². The zero-order chi connectivity index (χ0) is 52.9. The summed E-state index contributed by atoms with van der Waals surface area (Å²) in [7, 11) is -2.08. The molecule has 12 heteroatoms. The van der Waals surface area contributed by atoms with E-state index < -0.39 is 23.5 Å². The van der Waals surface area contributed by atoms with E-state index in [1.807, 2.05) is 20.8 Å². The highest BCUT2D eigenvalue weighted by Gasteiger charge is 2.25. The first-order chi connectivity index (χ1) is 33.5. The molecule has 70 heavy (non-hydrogen) atoms. The van der Waals surface area contributed by atoms with Gasteiger partial charge in [-0.25, -0.2) is 0 Å². The van der Waals surface area contributed by atoms with E-state index >= 15 is 0 Å². The van der Waals surface area contributed by atoms with Gasteiger partial charge in [-0.2, -0.15) is 20.8 Å². The van der Waals surface area contributed by atoms with Crippen LogP contribution in [0.3, 0.4) is 0 Å². The number of hydroxylamine groups is 8. The van der Waals surface area contributed by atoms with Gasteiger partial charge < -0.3 is 23.6 Å². The third kappa shape index (κ3) is 63.4. The topological polar surface area (TPSA) is 163 Å². The molecule has 0 saturated heterocycles. The highest BCUT2D eigenvalue weighted by atomic mass is 31.2. The van der Waals surface area contributed by atoms with Crippen LogP contribution in [-0.2, 0) is 13.8 Å². The van der Waals surface area contributed by atoms with Crippen molar-refractivity contribution >= 4 is 7.82 Å². The number of phosphoric ester groups is 1. The maximum Gasteiger partial charge on any atom is 0.149 e. The number of hydrogen-bond donors (Lipinski definition) is 4. The van der Waals surface area contributed by atoms with Gasteiger partial charge in [-0.3, -0.25) is 0 Å². The molecule has 0 amide bonds. The van der Waals surface area contributed by atoms with Gasteiger partial charge in [0.25, 0.3) is 0 Å². The Morgan fingerprint density at radius 3 is 0.900 bits per heavy atom. The molecule has 0 rings (SSSR count). The van der Waals surface area contributed by atoms with Crippen LogP contribution in [0.5, 0.6) is 0 Å². The van der Waals surface area contributed by atoms with Crippen LogP contribution in [0.15, 0.2) is 24.3 Å². The Morgan fingerprint density at radius 2 is 0.657 bits per heavy atom. The molecule has 11 nitrogen and oxygen atoms in total. The van der Waals surface area contributed by atoms with Crippen LogP contribution in [0.25, 0.3) is 0 Å². The predicted molar refractivity (Wildman–Crippen MR) is 292 cm³/mol. The van der Waals surface area contributed by atoms with Crippen LogP contribution in [0, 0.1) is 0 Å². The van der Waals surface area contributed by atoms with Gasteiger partial charge in [0, 0.05) is 19.4 Å². The first kappa shape index (κ1) is 73.6. The van der Waals surface area contributed by atoms with E-state index in [-0.39, 0.29) is 18.7 Å². The Labute approximate surface area is 434 Å². The summed E-state index contributed by atoms with van der Waals surface area (Å²) in [4.78, 5) is 19.6. The normalized spacial score (nSPS) is 13.6. The van der Waals surface area contributed by atoms with E-state index in [9.17, 15) is 35.2 Å². The van der Waals surface area contributed by atoms with Crippen LogP contribution < -0.4 is 9.79 Å². The van der Waals surface area contributed by atoms with E-state index in [2.05, 4.69) is 49.6 Å². The van der Waals surface area contributed by atoms with Crippen molar-refractivity contribution in [2.24, 2.45) is 0 Å². The minimum atomic E-state index is -4.92. The average Bonchev–Trinajstić information content (AvgIpc) is 3.30. The maximum absolute atomic E-state index is 10.7. The second kappa shape index (κ2) is 54.6. The van der Waals surface area contributed by atoms with Crippen molar-refractivity contribution < 1.29 is 54.1 Å². The van der Waals surface area contributed by atoms with E-state index in [0.29, 0.717) is 13.0 Å². The molecule has 0 fully saturated rings.